The minimum absolute atomic E-state index is 0.0635. The highest BCUT2D eigenvalue weighted by Crippen LogP contribution is 2.37. The van der Waals surface area contributed by atoms with E-state index in [-0.39, 0.29) is 18.6 Å². The molecule has 0 aromatic carbocycles. The van der Waals surface area contributed by atoms with Crippen molar-refractivity contribution in [1.82, 2.24) is 4.90 Å². The van der Waals surface area contributed by atoms with E-state index in [4.69, 9.17) is 9.84 Å². The molecule has 18 heavy (non-hydrogen) atoms. The third kappa shape index (κ3) is 2.50. The standard InChI is InChI=1S/C13H20N2O3/c14-10-13(4-2-1-3-5-13)12(17)15-6-7-18-11(8-15)9-16/h11,16H,1-9H2. The average molecular weight is 252 g/mol. The van der Waals surface area contributed by atoms with E-state index in [0.717, 1.165) is 19.3 Å². The number of ether oxygens (including phenoxy) is 1. The maximum atomic E-state index is 12.5. The molecule has 0 spiro atoms. The molecule has 1 N–H and O–H groups in total. The minimum Gasteiger partial charge on any atom is -0.394 e. The van der Waals surface area contributed by atoms with Crippen molar-refractivity contribution < 1.29 is 14.6 Å². The molecular weight excluding hydrogens is 232 g/mol. The van der Waals surface area contributed by atoms with Crippen molar-refractivity contribution >= 4 is 5.91 Å². The first-order chi connectivity index (χ1) is 8.72. The molecule has 1 atom stereocenters. The van der Waals surface area contributed by atoms with Crippen molar-refractivity contribution in [1.29, 1.82) is 5.26 Å². The lowest BCUT2D eigenvalue weighted by Crippen LogP contribution is -2.52. The summed E-state index contributed by atoms with van der Waals surface area (Å²) in [7, 11) is 0. The highest BCUT2D eigenvalue weighted by Gasteiger charge is 2.43. The SMILES string of the molecule is N#CC1(C(=O)N2CCOC(CO)C2)CCCCC1. The highest BCUT2D eigenvalue weighted by atomic mass is 16.5. The lowest BCUT2D eigenvalue weighted by Gasteiger charge is -2.38. The van der Waals surface area contributed by atoms with Gasteiger partial charge in [-0.3, -0.25) is 4.79 Å². The number of nitrogens with zero attached hydrogens (tertiary/aromatic N) is 2. The smallest absolute Gasteiger partial charge is 0.243 e. The second-order valence-electron chi connectivity index (χ2n) is 5.18. The molecule has 5 nitrogen and oxygen atoms in total. The van der Waals surface area contributed by atoms with Gasteiger partial charge in [-0.15, -0.1) is 0 Å². The number of aliphatic hydroxyl groups is 1. The molecule has 1 unspecified atom stereocenters. The van der Waals surface area contributed by atoms with Crippen LogP contribution in [0.4, 0.5) is 0 Å². The maximum Gasteiger partial charge on any atom is 0.243 e. The van der Waals surface area contributed by atoms with Crippen molar-refractivity contribution in [2.24, 2.45) is 5.41 Å². The van der Waals surface area contributed by atoms with Gasteiger partial charge in [-0.2, -0.15) is 5.26 Å². The van der Waals surface area contributed by atoms with Crippen molar-refractivity contribution in [3.05, 3.63) is 0 Å². The van der Waals surface area contributed by atoms with Crippen LogP contribution in [0.1, 0.15) is 32.1 Å². The maximum absolute atomic E-state index is 12.5. The fourth-order valence-corrected chi connectivity index (χ4v) is 2.85. The molecule has 2 fully saturated rings. The van der Waals surface area contributed by atoms with Crippen molar-refractivity contribution in [2.75, 3.05) is 26.3 Å². The van der Waals surface area contributed by atoms with Gasteiger partial charge in [0.2, 0.25) is 5.91 Å². The summed E-state index contributed by atoms with van der Waals surface area (Å²) >= 11 is 0. The second-order valence-corrected chi connectivity index (χ2v) is 5.18. The van der Waals surface area contributed by atoms with Crippen LogP contribution in [0.15, 0.2) is 0 Å². The summed E-state index contributed by atoms with van der Waals surface area (Å²) in [6, 6.07) is 2.25. The Kier molecular flexibility index (Phi) is 4.20. The summed E-state index contributed by atoms with van der Waals surface area (Å²) in [6.07, 6.45) is 4.05. The van der Waals surface area contributed by atoms with Gasteiger partial charge < -0.3 is 14.7 Å². The summed E-state index contributed by atoms with van der Waals surface area (Å²) < 4.78 is 5.33. The summed E-state index contributed by atoms with van der Waals surface area (Å²) in [6.45, 7) is 1.29. The number of carbonyl (C=O) groups excluding carboxylic acids is 1. The molecule has 1 heterocycles. The molecular formula is C13H20N2O3. The van der Waals surface area contributed by atoms with Gasteiger partial charge >= 0.3 is 0 Å². The van der Waals surface area contributed by atoms with E-state index in [1.54, 1.807) is 4.90 Å². The summed E-state index contributed by atoms with van der Waals surface area (Å²) in [4.78, 5) is 14.2. The van der Waals surface area contributed by atoms with Crippen LogP contribution in [0, 0.1) is 16.7 Å². The lowest BCUT2D eigenvalue weighted by molar-refractivity contribution is -0.149. The second kappa shape index (κ2) is 5.68. The van der Waals surface area contributed by atoms with Gasteiger partial charge in [0, 0.05) is 13.1 Å². The van der Waals surface area contributed by atoms with Crippen LogP contribution in [0.3, 0.4) is 0 Å². The molecule has 100 valence electrons. The Morgan fingerprint density at radius 2 is 2.17 bits per heavy atom. The number of rotatable bonds is 2. The van der Waals surface area contributed by atoms with Crippen LogP contribution in [0.5, 0.6) is 0 Å². The first-order valence-electron chi connectivity index (χ1n) is 6.65. The Morgan fingerprint density at radius 3 is 2.78 bits per heavy atom. The Labute approximate surface area is 107 Å². The van der Waals surface area contributed by atoms with Crippen LogP contribution in [-0.2, 0) is 9.53 Å². The molecule has 1 aliphatic heterocycles. The van der Waals surface area contributed by atoms with Gasteiger partial charge in [0.25, 0.3) is 0 Å². The number of carbonyl (C=O) groups is 1. The summed E-state index contributed by atoms with van der Waals surface area (Å²) in [5, 5.41) is 18.5. The largest absolute Gasteiger partial charge is 0.394 e. The quantitative estimate of drug-likeness (QED) is 0.784. The molecule has 2 aliphatic rings. The van der Waals surface area contributed by atoms with Crippen LogP contribution in [-0.4, -0.2) is 48.3 Å². The van der Waals surface area contributed by atoms with Gasteiger partial charge in [-0.05, 0) is 12.8 Å². The molecule has 1 aliphatic carbocycles. The van der Waals surface area contributed by atoms with E-state index >= 15 is 0 Å². The van der Waals surface area contributed by atoms with Crippen LogP contribution in [0.25, 0.3) is 0 Å². The van der Waals surface area contributed by atoms with E-state index < -0.39 is 5.41 Å². The van der Waals surface area contributed by atoms with E-state index in [2.05, 4.69) is 6.07 Å². The number of hydrogen-bond acceptors (Lipinski definition) is 4. The van der Waals surface area contributed by atoms with Gasteiger partial charge in [-0.25, -0.2) is 0 Å². The molecule has 2 rings (SSSR count). The van der Waals surface area contributed by atoms with E-state index in [1.807, 2.05) is 0 Å². The Bertz CT molecular complexity index is 345. The molecule has 0 aromatic heterocycles. The fraction of sp³-hybridized carbons (Fsp3) is 0.846. The van der Waals surface area contributed by atoms with Gasteiger partial charge in [0.15, 0.2) is 0 Å². The summed E-state index contributed by atoms with van der Waals surface area (Å²) in [5.41, 5.74) is -0.824. The normalized spacial score (nSPS) is 27.6. The molecule has 1 saturated heterocycles. The zero-order valence-corrected chi connectivity index (χ0v) is 10.6. The van der Waals surface area contributed by atoms with Crippen LogP contribution < -0.4 is 0 Å². The molecule has 0 aromatic rings. The van der Waals surface area contributed by atoms with E-state index in [0.29, 0.717) is 32.5 Å². The number of morpholine rings is 1. The highest BCUT2D eigenvalue weighted by molar-refractivity contribution is 5.85. The molecule has 0 radical (unpaired) electrons. The zero-order valence-electron chi connectivity index (χ0n) is 10.6. The molecule has 1 amide bonds. The Balaban J connectivity index is 2.07. The first kappa shape index (κ1) is 13.3. The Morgan fingerprint density at radius 1 is 1.44 bits per heavy atom. The molecule has 1 saturated carbocycles. The lowest BCUT2D eigenvalue weighted by atomic mass is 9.74. The number of hydrogen-bond donors (Lipinski definition) is 1. The van der Waals surface area contributed by atoms with E-state index in [1.165, 1.54) is 0 Å². The van der Waals surface area contributed by atoms with Gasteiger partial charge in [-0.1, -0.05) is 19.3 Å². The number of nitriles is 1. The van der Waals surface area contributed by atoms with Crippen molar-refractivity contribution in [3.8, 4) is 6.07 Å². The van der Waals surface area contributed by atoms with E-state index in [9.17, 15) is 10.1 Å². The van der Waals surface area contributed by atoms with Crippen molar-refractivity contribution in [3.63, 3.8) is 0 Å². The third-order valence-corrected chi connectivity index (χ3v) is 3.96. The minimum atomic E-state index is -0.824. The zero-order chi connectivity index (χ0) is 13.0. The van der Waals surface area contributed by atoms with Gasteiger partial charge in [0.1, 0.15) is 5.41 Å². The topological polar surface area (TPSA) is 73.6 Å². The van der Waals surface area contributed by atoms with Crippen molar-refractivity contribution in [2.45, 2.75) is 38.2 Å². The average Bonchev–Trinajstić information content (AvgIpc) is 2.47. The third-order valence-electron chi connectivity index (χ3n) is 3.96. The predicted octanol–water partition coefficient (Wildman–Crippen LogP) is 0.680. The fourth-order valence-electron chi connectivity index (χ4n) is 2.85. The van der Waals surface area contributed by atoms with Gasteiger partial charge in [0.05, 0.1) is 25.4 Å². The number of amides is 1. The predicted molar refractivity (Wildman–Crippen MR) is 64.5 cm³/mol. The Hall–Kier alpha value is -1.12. The first-order valence-corrected chi connectivity index (χ1v) is 6.65. The molecule has 0 bridgehead atoms. The number of aliphatic hydroxyl groups excluding tert-OH is 1. The van der Waals surface area contributed by atoms with Crippen LogP contribution >= 0.6 is 0 Å². The molecule has 5 heteroatoms. The monoisotopic (exact) mass is 252 g/mol. The van der Waals surface area contributed by atoms with Crippen LogP contribution in [0.2, 0.25) is 0 Å². The summed E-state index contributed by atoms with van der Waals surface area (Å²) in [5.74, 6) is -0.0635.